The van der Waals surface area contributed by atoms with Gasteiger partial charge in [-0.2, -0.15) is 0 Å². The molecule has 0 fully saturated rings. The second kappa shape index (κ2) is 5.43. The molecule has 16 heavy (non-hydrogen) atoms. The van der Waals surface area contributed by atoms with E-state index < -0.39 is 10.0 Å². The van der Waals surface area contributed by atoms with Crippen molar-refractivity contribution >= 4 is 10.0 Å². The quantitative estimate of drug-likeness (QED) is 0.807. The summed E-state index contributed by atoms with van der Waals surface area (Å²) in [7, 11) is -3.46. The Morgan fingerprint density at radius 1 is 1.38 bits per heavy atom. The van der Waals surface area contributed by atoms with Crippen LogP contribution < -0.4 is 4.72 Å². The monoisotopic (exact) mass is 243 g/mol. The summed E-state index contributed by atoms with van der Waals surface area (Å²) in [5, 5.41) is 8.82. The molecule has 0 heterocycles. The highest BCUT2D eigenvalue weighted by Crippen LogP contribution is 2.13. The SMILES string of the molecule is Cc1ccccc1S(=O)(=O)NCC(C)CO. The number of aryl methyl sites for hydroxylation is 1. The number of nitrogens with one attached hydrogen (secondary N) is 1. The average molecular weight is 243 g/mol. The van der Waals surface area contributed by atoms with E-state index in [2.05, 4.69) is 4.72 Å². The van der Waals surface area contributed by atoms with Crippen LogP contribution in [0, 0.1) is 12.8 Å². The zero-order valence-corrected chi connectivity index (χ0v) is 10.3. The molecule has 0 aliphatic rings. The minimum absolute atomic E-state index is 0.0315. The first kappa shape index (κ1) is 13.2. The molecule has 0 spiro atoms. The van der Waals surface area contributed by atoms with Crippen LogP contribution in [-0.4, -0.2) is 26.7 Å². The zero-order valence-electron chi connectivity index (χ0n) is 9.47. The van der Waals surface area contributed by atoms with E-state index in [9.17, 15) is 8.42 Å². The molecular weight excluding hydrogens is 226 g/mol. The predicted octanol–water partition coefficient (Wildman–Crippen LogP) is 0.902. The minimum Gasteiger partial charge on any atom is -0.396 e. The normalized spacial score (nSPS) is 13.7. The van der Waals surface area contributed by atoms with Crippen LogP contribution in [0.5, 0.6) is 0 Å². The maximum Gasteiger partial charge on any atom is 0.240 e. The molecule has 5 heteroatoms. The molecular formula is C11H17NO3S. The summed E-state index contributed by atoms with van der Waals surface area (Å²) in [5.41, 5.74) is 0.714. The van der Waals surface area contributed by atoms with Crippen molar-refractivity contribution in [2.75, 3.05) is 13.2 Å². The van der Waals surface area contributed by atoms with E-state index in [0.29, 0.717) is 10.5 Å². The van der Waals surface area contributed by atoms with Crippen LogP contribution in [-0.2, 0) is 10.0 Å². The van der Waals surface area contributed by atoms with Gasteiger partial charge in [-0.05, 0) is 24.5 Å². The van der Waals surface area contributed by atoms with E-state index in [-0.39, 0.29) is 19.1 Å². The molecule has 1 atom stereocenters. The third kappa shape index (κ3) is 3.30. The summed E-state index contributed by atoms with van der Waals surface area (Å²) in [4.78, 5) is 0.292. The molecule has 0 radical (unpaired) electrons. The lowest BCUT2D eigenvalue weighted by molar-refractivity contribution is 0.238. The number of hydrogen-bond acceptors (Lipinski definition) is 3. The Hall–Kier alpha value is -0.910. The van der Waals surface area contributed by atoms with Gasteiger partial charge in [0.2, 0.25) is 10.0 Å². The molecule has 1 unspecified atom stereocenters. The molecule has 0 saturated carbocycles. The first-order valence-corrected chi connectivity index (χ1v) is 6.62. The van der Waals surface area contributed by atoms with Gasteiger partial charge in [0.1, 0.15) is 0 Å². The Labute approximate surface area is 96.4 Å². The predicted molar refractivity (Wildman–Crippen MR) is 62.6 cm³/mol. The van der Waals surface area contributed by atoms with Crippen molar-refractivity contribution in [2.45, 2.75) is 18.7 Å². The van der Waals surface area contributed by atoms with Gasteiger partial charge in [0.05, 0.1) is 4.90 Å². The summed E-state index contributed by atoms with van der Waals surface area (Å²) in [6.07, 6.45) is 0. The van der Waals surface area contributed by atoms with Crippen molar-refractivity contribution in [1.82, 2.24) is 4.72 Å². The van der Waals surface area contributed by atoms with Crippen LogP contribution in [0.2, 0.25) is 0 Å². The van der Waals surface area contributed by atoms with Gasteiger partial charge in [-0.1, -0.05) is 25.1 Å². The molecule has 1 aromatic carbocycles. The van der Waals surface area contributed by atoms with E-state index in [4.69, 9.17) is 5.11 Å². The molecule has 2 N–H and O–H groups in total. The molecule has 90 valence electrons. The first-order chi connectivity index (χ1) is 7.47. The Balaban J connectivity index is 2.83. The number of aliphatic hydroxyl groups is 1. The minimum atomic E-state index is -3.46. The van der Waals surface area contributed by atoms with Crippen molar-refractivity contribution in [2.24, 2.45) is 5.92 Å². The first-order valence-electron chi connectivity index (χ1n) is 5.13. The van der Waals surface area contributed by atoms with Crippen LogP contribution >= 0.6 is 0 Å². The standard InChI is InChI=1S/C11H17NO3S/c1-9(8-13)7-12-16(14,15)11-6-4-3-5-10(11)2/h3-6,9,12-13H,7-8H2,1-2H3. The van der Waals surface area contributed by atoms with E-state index in [1.54, 1.807) is 38.1 Å². The van der Waals surface area contributed by atoms with E-state index in [1.165, 1.54) is 0 Å². The van der Waals surface area contributed by atoms with Gasteiger partial charge in [-0.25, -0.2) is 13.1 Å². The number of hydrogen-bond donors (Lipinski definition) is 2. The highest BCUT2D eigenvalue weighted by molar-refractivity contribution is 7.89. The Kier molecular flexibility index (Phi) is 4.46. The molecule has 0 bridgehead atoms. The number of aliphatic hydroxyl groups excluding tert-OH is 1. The molecule has 1 rings (SSSR count). The number of sulfonamides is 1. The molecule has 4 nitrogen and oxygen atoms in total. The molecule has 1 aromatic rings. The fourth-order valence-electron chi connectivity index (χ4n) is 1.25. The van der Waals surface area contributed by atoms with Gasteiger partial charge < -0.3 is 5.11 Å². The van der Waals surface area contributed by atoms with E-state index >= 15 is 0 Å². The third-order valence-corrected chi connectivity index (χ3v) is 3.90. The highest BCUT2D eigenvalue weighted by atomic mass is 32.2. The van der Waals surface area contributed by atoms with Crippen LogP contribution in [0.25, 0.3) is 0 Å². The van der Waals surface area contributed by atoms with Crippen LogP contribution in [0.4, 0.5) is 0 Å². The smallest absolute Gasteiger partial charge is 0.240 e. The highest BCUT2D eigenvalue weighted by Gasteiger charge is 2.16. The fourth-order valence-corrected chi connectivity index (χ4v) is 2.66. The van der Waals surface area contributed by atoms with Gasteiger partial charge in [0, 0.05) is 13.2 Å². The average Bonchev–Trinajstić information content (AvgIpc) is 2.26. The van der Waals surface area contributed by atoms with Crippen molar-refractivity contribution in [3.63, 3.8) is 0 Å². The van der Waals surface area contributed by atoms with E-state index in [1.807, 2.05) is 0 Å². The van der Waals surface area contributed by atoms with E-state index in [0.717, 1.165) is 0 Å². The maximum absolute atomic E-state index is 11.9. The van der Waals surface area contributed by atoms with Gasteiger partial charge in [0.25, 0.3) is 0 Å². The summed E-state index contributed by atoms with van der Waals surface area (Å²) in [5.74, 6) is -0.0845. The molecule has 0 amide bonds. The van der Waals surface area contributed by atoms with Gasteiger partial charge in [-0.3, -0.25) is 0 Å². The van der Waals surface area contributed by atoms with Crippen molar-refractivity contribution < 1.29 is 13.5 Å². The lowest BCUT2D eigenvalue weighted by Gasteiger charge is -2.11. The third-order valence-electron chi connectivity index (χ3n) is 2.32. The second-order valence-electron chi connectivity index (χ2n) is 3.91. The second-order valence-corrected chi connectivity index (χ2v) is 5.64. The van der Waals surface area contributed by atoms with Crippen LogP contribution in [0.1, 0.15) is 12.5 Å². The van der Waals surface area contributed by atoms with Crippen LogP contribution in [0.3, 0.4) is 0 Å². The summed E-state index contributed by atoms with van der Waals surface area (Å²) in [6, 6.07) is 6.81. The summed E-state index contributed by atoms with van der Waals surface area (Å²) in [6.45, 7) is 3.74. The molecule has 0 aliphatic carbocycles. The lowest BCUT2D eigenvalue weighted by Crippen LogP contribution is -2.30. The summed E-state index contributed by atoms with van der Waals surface area (Å²) < 4.78 is 26.2. The van der Waals surface area contributed by atoms with Crippen molar-refractivity contribution in [1.29, 1.82) is 0 Å². The summed E-state index contributed by atoms with van der Waals surface area (Å²) >= 11 is 0. The van der Waals surface area contributed by atoms with Gasteiger partial charge in [0.15, 0.2) is 0 Å². The molecule has 0 aliphatic heterocycles. The Morgan fingerprint density at radius 3 is 2.56 bits per heavy atom. The topological polar surface area (TPSA) is 66.4 Å². The maximum atomic E-state index is 11.9. The molecule has 0 saturated heterocycles. The lowest BCUT2D eigenvalue weighted by atomic mass is 10.2. The Bertz CT molecular complexity index is 442. The fraction of sp³-hybridized carbons (Fsp3) is 0.455. The molecule has 0 aromatic heterocycles. The largest absolute Gasteiger partial charge is 0.396 e. The van der Waals surface area contributed by atoms with Gasteiger partial charge in [-0.15, -0.1) is 0 Å². The zero-order chi connectivity index (χ0) is 12.2. The van der Waals surface area contributed by atoms with Crippen LogP contribution in [0.15, 0.2) is 29.2 Å². The van der Waals surface area contributed by atoms with Crippen molar-refractivity contribution in [3.8, 4) is 0 Å². The number of benzene rings is 1. The Morgan fingerprint density at radius 2 is 2.00 bits per heavy atom. The van der Waals surface area contributed by atoms with Crippen molar-refractivity contribution in [3.05, 3.63) is 29.8 Å². The van der Waals surface area contributed by atoms with Gasteiger partial charge >= 0.3 is 0 Å². The number of rotatable bonds is 5.